The number of rotatable bonds is 10. The third-order valence-corrected chi connectivity index (χ3v) is 4.42. The monoisotopic (exact) mass is 371 g/mol. The van der Waals surface area contributed by atoms with Crippen LogP contribution in [0.25, 0.3) is 0 Å². The van der Waals surface area contributed by atoms with Crippen LogP contribution in [0.5, 0.6) is 0 Å². The lowest BCUT2D eigenvalue weighted by Gasteiger charge is -2.31. The van der Waals surface area contributed by atoms with Gasteiger partial charge in [0.1, 0.15) is 5.92 Å². The van der Waals surface area contributed by atoms with Gasteiger partial charge in [0, 0.05) is 5.92 Å². The minimum absolute atomic E-state index is 0.0294. The van der Waals surface area contributed by atoms with E-state index in [-0.39, 0.29) is 19.8 Å². The molecule has 0 aliphatic carbocycles. The Labute approximate surface area is 153 Å². The second-order valence-corrected chi connectivity index (χ2v) is 6.07. The predicted molar refractivity (Wildman–Crippen MR) is 91.9 cm³/mol. The smallest absolute Gasteiger partial charge is 0.344 e. The number of carbonyl (C=O) groups is 4. The topological polar surface area (TPSA) is 108 Å². The second kappa shape index (κ2) is 10.1. The quantitative estimate of drug-likeness (QED) is 0.267. The molecular formula is C18H29NO7. The summed E-state index contributed by atoms with van der Waals surface area (Å²) in [5.41, 5.74) is -2.02. The van der Waals surface area contributed by atoms with E-state index in [0.29, 0.717) is 12.8 Å². The molecule has 1 amide bonds. The van der Waals surface area contributed by atoms with E-state index in [0.717, 1.165) is 12.8 Å². The van der Waals surface area contributed by atoms with Crippen molar-refractivity contribution in [2.45, 2.75) is 58.9 Å². The van der Waals surface area contributed by atoms with E-state index >= 15 is 0 Å². The van der Waals surface area contributed by atoms with Crippen LogP contribution < -0.4 is 5.32 Å². The van der Waals surface area contributed by atoms with E-state index < -0.39 is 41.2 Å². The molecule has 8 heteroatoms. The van der Waals surface area contributed by atoms with Gasteiger partial charge in [0.2, 0.25) is 11.4 Å². The van der Waals surface area contributed by atoms with Gasteiger partial charge in [-0.25, -0.2) is 9.59 Å². The molecule has 0 aromatic heterocycles. The lowest BCUT2D eigenvalue weighted by atomic mass is 9.76. The lowest BCUT2D eigenvalue weighted by molar-refractivity contribution is -0.169. The molecule has 0 saturated carbocycles. The third-order valence-electron chi connectivity index (χ3n) is 4.42. The summed E-state index contributed by atoms with van der Waals surface area (Å²) in [5, 5.41) is 2.41. The van der Waals surface area contributed by atoms with Crippen molar-refractivity contribution in [1.82, 2.24) is 5.32 Å². The minimum atomic E-state index is -2.02. The fraction of sp³-hybridized carbons (Fsp3) is 0.778. The standard InChI is InChI=1S/C18H29NO7/c1-5-9-10-11-12-13(15(21)24-6-2)14(20)19-18(12,16(22)25-7-3)17(23)26-8-4/h12-13H,5-11H2,1-4H3,(H,19,20)/t12-,13+/m0/s1. The van der Waals surface area contributed by atoms with E-state index in [4.69, 9.17) is 14.2 Å². The maximum atomic E-state index is 12.7. The molecule has 1 rings (SSSR count). The van der Waals surface area contributed by atoms with Crippen LogP contribution in [0.4, 0.5) is 0 Å². The first kappa shape index (κ1) is 21.9. The summed E-state index contributed by atoms with van der Waals surface area (Å²) in [6, 6.07) is 0. The Morgan fingerprint density at radius 1 is 0.923 bits per heavy atom. The molecule has 2 atom stereocenters. The average Bonchev–Trinajstić information content (AvgIpc) is 2.89. The Morgan fingerprint density at radius 3 is 1.92 bits per heavy atom. The van der Waals surface area contributed by atoms with E-state index in [1.54, 1.807) is 20.8 Å². The van der Waals surface area contributed by atoms with Crippen LogP contribution in [-0.4, -0.2) is 49.2 Å². The van der Waals surface area contributed by atoms with Gasteiger partial charge in [-0.15, -0.1) is 0 Å². The molecule has 8 nitrogen and oxygen atoms in total. The zero-order chi connectivity index (χ0) is 19.7. The number of amides is 1. The third kappa shape index (κ3) is 4.34. The fourth-order valence-electron chi connectivity index (χ4n) is 3.28. The van der Waals surface area contributed by atoms with Crippen molar-refractivity contribution in [3.05, 3.63) is 0 Å². The van der Waals surface area contributed by atoms with Crippen LogP contribution in [0, 0.1) is 11.8 Å². The van der Waals surface area contributed by atoms with Gasteiger partial charge in [-0.2, -0.15) is 0 Å². The molecule has 1 fully saturated rings. The molecule has 1 aliphatic heterocycles. The number of nitrogens with one attached hydrogen (secondary N) is 1. The highest BCUT2D eigenvalue weighted by Gasteiger charge is 2.66. The molecule has 0 aromatic rings. The number of ether oxygens (including phenoxy) is 3. The van der Waals surface area contributed by atoms with Crippen molar-refractivity contribution in [3.8, 4) is 0 Å². The van der Waals surface area contributed by atoms with Crippen LogP contribution in [-0.2, 0) is 33.4 Å². The number of unbranched alkanes of at least 4 members (excludes halogenated alkanes) is 2. The van der Waals surface area contributed by atoms with E-state index in [1.165, 1.54) is 0 Å². The van der Waals surface area contributed by atoms with Crippen molar-refractivity contribution in [2.75, 3.05) is 19.8 Å². The van der Waals surface area contributed by atoms with Crippen LogP contribution in [0.2, 0.25) is 0 Å². The Balaban J connectivity index is 3.36. The Hall–Kier alpha value is -2.12. The average molecular weight is 371 g/mol. The number of carbonyl (C=O) groups excluding carboxylic acids is 4. The second-order valence-electron chi connectivity index (χ2n) is 6.07. The molecular weight excluding hydrogens is 342 g/mol. The van der Waals surface area contributed by atoms with Crippen LogP contribution in [0.1, 0.15) is 53.4 Å². The Bertz CT molecular complexity index is 514. The normalized spacial score (nSPS) is 21.0. The van der Waals surface area contributed by atoms with Crippen molar-refractivity contribution >= 4 is 23.8 Å². The van der Waals surface area contributed by atoms with Crippen LogP contribution >= 0.6 is 0 Å². The van der Waals surface area contributed by atoms with Gasteiger partial charge in [0.25, 0.3) is 0 Å². The Morgan fingerprint density at radius 2 is 1.46 bits per heavy atom. The first-order valence-corrected chi connectivity index (χ1v) is 9.23. The van der Waals surface area contributed by atoms with Gasteiger partial charge in [0.05, 0.1) is 19.8 Å². The van der Waals surface area contributed by atoms with Gasteiger partial charge in [0.15, 0.2) is 0 Å². The summed E-state index contributed by atoms with van der Waals surface area (Å²) in [6.07, 6.45) is 2.70. The summed E-state index contributed by atoms with van der Waals surface area (Å²) < 4.78 is 15.1. The first-order chi connectivity index (χ1) is 12.4. The molecule has 0 unspecified atom stereocenters. The zero-order valence-electron chi connectivity index (χ0n) is 16.0. The van der Waals surface area contributed by atoms with Crippen molar-refractivity contribution in [3.63, 3.8) is 0 Å². The van der Waals surface area contributed by atoms with E-state index in [1.807, 2.05) is 6.92 Å². The van der Waals surface area contributed by atoms with E-state index in [2.05, 4.69) is 5.32 Å². The molecule has 0 aromatic carbocycles. The summed E-state index contributed by atoms with van der Waals surface area (Å²) in [6.45, 7) is 6.98. The summed E-state index contributed by atoms with van der Waals surface area (Å²) in [4.78, 5) is 50.3. The predicted octanol–water partition coefficient (Wildman–Crippen LogP) is 1.36. The van der Waals surface area contributed by atoms with Crippen LogP contribution in [0.15, 0.2) is 0 Å². The number of hydrogen-bond donors (Lipinski definition) is 1. The molecule has 148 valence electrons. The molecule has 0 radical (unpaired) electrons. The van der Waals surface area contributed by atoms with Gasteiger partial charge in [-0.1, -0.05) is 26.2 Å². The van der Waals surface area contributed by atoms with Gasteiger partial charge < -0.3 is 19.5 Å². The highest BCUT2D eigenvalue weighted by atomic mass is 16.6. The molecule has 1 heterocycles. The van der Waals surface area contributed by atoms with Gasteiger partial charge >= 0.3 is 17.9 Å². The zero-order valence-corrected chi connectivity index (χ0v) is 16.0. The van der Waals surface area contributed by atoms with Crippen molar-refractivity contribution in [1.29, 1.82) is 0 Å². The lowest BCUT2D eigenvalue weighted by Crippen LogP contribution is -2.61. The molecule has 1 aliphatic rings. The molecule has 1 saturated heterocycles. The van der Waals surface area contributed by atoms with E-state index in [9.17, 15) is 19.2 Å². The molecule has 0 spiro atoms. The SMILES string of the molecule is CCCCC[C@H]1[C@@H](C(=O)OCC)C(=O)NC1(C(=O)OCC)C(=O)OCC. The van der Waals surface area contributed by atoms with Crippen molar-refractivity contribution in [2.24, 2.45) is 11.8 Å². The molecule has 1 N–H and O–H groups in total. The highest BCUT2D eigenvalue weighted by Crippen LogP contribution is 2.39. The first-order valence-electron chi connectivity index (χ1n) is 9.23. The number of hydrogen-bond acceptors (Lipinski definition) is 7. The van der Waals surface area contributed by atoms with Crippen LogP contribution in [0.3, 0.4) is 0 Å². The summed E-state index contributed by atoms with van der Waals surface area (Å²) in [5.74, 6) is -5.44. The number of esters is 3. The van der Waals surface area contributed by atoms with Gasteiger partial charge in [-0.3, -0.25) is 9.59 Å². The molecule has 0 bridgehead atoms. The minimum Gasteiger partial charge on any atom is -0.465 e. The summed E-state index contributed by atoms with van der Waals surface area (Å²) in [7, 11) is 0. The molecule has 26 heavy (non-hydrogen) atoms. The highest BCUT2D eigenvalue weighted by molar-refractivity contribution is 6.14. The Kier molecular flexibility index (Phi) is 8.54. The fourth-order valence-corrected chi connectivity index (χ4v) is 3.28. The maximum Gasteiger partial charge on any atom is 0.344 e. The largest absolute Gasteiger partial charge is 0.465 e. The van der Waals surface area contributed by atoms with Crippen molar-refractivity contribution < 1.29 is 33.4 Å². The maximum absolute atomic E-state index is 12.7. The summed E-state index contributed by atoms with van der Waals surface area (Å²) >= 11 is 0. The van der Waals surface area contributed by atoms with Gasteiger partial charge in [-0.05, 0) is 27.2 Å².